The number of furan rings is 1. The van der Waals surface area contributed by atoms with Crippen molar-refractivity contribution in [2.24, 2.45) is 0 Å². The van der Waals surface area contributed by atoms with Gasteiger partial charge in [-0.1, -0.05) is 35.9 Å². The van der Waals surface area contributed by atoms with E-state index in [1.54, 1.807) is 61.8 Å². The number of halogens is 1. The Hall–Kier alpha value is -4.10. The summed E-state index contributed by atoms with van der Waals surface area (Å²) in [6, 6.07) is 18.1. The third-order valence-corrected chi connectivity index (χ3v) is 5.99. The summed E-state index contributed by atoms with van der Waals surface area (Å²) in [5.74, 6) is -1.33. The van der Waals surface area contributed by atoms with Gasteiger partial charge in [-0.05, 0) is 42.5 Å². The molecule has 4 aromatic rings. The molecule has 0 saturated carbocycles. The molecule has 1 amide bonds. The minimum atomic E-state index is -0.914. The number of aliphatic hydroxyl groups excluding tert-OH is 1. The molecular weight excluding hydrogens is 456 g/mol. The zero-order valence-electron chi connectivity index (χ0n) is 18.1. The summed E-state index contributed by atoms with van der Waals surface area (Å²) in [5, 5.41) is 12.0. The van der Waals surface area contributed by atoms with Crippen molar-refractivity contribution in [3.05, 3.63) is 106 Å². The minimum Gasteiger partial charge on any atom is -0.503 e. The first-order valence-electron chi connectivity index (χ1n) is 10.5. The molecule has 0 bridgehead atoms. The number of aliphatic hydroxyl groups is 1. The molecule has 1 aliphatic heterocycles. The lowest BCUT2D eigenvalue weighted by Gasteiger charge is -2.26. The number of ether oxygens (including phenoxy) is 1. The van der Waals surface area contributed by atoms with Crippen molar-refractivity contribution in [1.29, 1.82) is 0 Å². The van der Waals surface area contributed by atoms with Crippen LogP contribution in [0.2, 0.25) is 5.02 Å². The van der Waals surface area contributed by atoms with Crippen LogP contribution in [-0.4, -0.2) is 33.8 Å². The zero-order valence-corrected chi connectivity index (χ0v) is 18.8. The summed E-state index contributed by atoms with van der Waals surface area (Å²) in [6.45, 7) is 0.0979. The number of hydrogen-bond acceptors (Lipinski definition) is 6. The molecule has 7 nitrogen and oxygen atoms in total. The monoisotopic (exact) mass is 474 g/mol. The number of para-hydroxylation sites is 1. The van der Waals surface area contributed by atoms with Crippen molar-refractivity contribution >= 4 is 34.3 Å². The molecule has 1 aliphatic rings. The number of benzene rings is 2. The molecule has 3 heterocycles. The lowest BCUT2D eigenvalue weighted by Crippen LogP contribution is -2.31. The maximum absolute atomic E-state index is 13.6. The second-order valence-corrected chi connectivity index (χ2v) is 8.22. The molecule has 5 rings (SSSR count). The van der Waals surface area contributed by atoms with Gasteiger partial charge in [-0.2, -0.15) is 0 Å². The average Bonchev–Trinajstić information content (AvgIpc) is 3.38. The van der Waals surface area contributed by atoms with Crippen LogP contribution in [0.3, 0.4) is 0 Å². The average molecular weight is 475 g/mol. The SMILES string of the molecule is COc1ccccc1CN1C(=O)C(O)=C(C(=O)c2cc3cc(Cl)ccc3o2)C1c1ccccn1. The van der Waals surface area contributed by atoms with Crippen LogP contribution in [0.5, 0.6) is 5.75 Å². The van der Waals surface area contributed by atoms with Crippen LogP contribution in [0, 0.1) is 0 Å². The maximum Gasteiger partial charge on any atom is 0.290 e. The summed E-state index contributed by atoms with van der Waals surface area (Å²) >= 11 is 6.06. The molecular formula is C26H19ClN2O5. The van der Waals surface area contributed by atoms with Crippen LogP contribution < -0.4 is 4.74 Å². The van der Waals surface area contributed by atoms with Gasteiger partial charge in [0.15, 0.2) is 11.5 Å². The molecule has 8 heteroatoms. The zero-order chi connectivity index (χ0) is 23.8. The Balaban J connectivity index is 1.59. The van der Waals surface area contributed by atoms with Gasteiger partial charge in [0.05, 0.1) is 24.9 Å². The number of carbonyl (C=O) groups excluding carboxylic acids is 2. The third kappa shape index (κ3) is 3.70. The molecule has 0 saturated heterocycles. The maximum atomic E-state index is 13.6. The number of ketones is 1. The first kappa shape index (κ1) is 21.7. The summed E-state index contributed by atoms with van der Waals surface area (Å²) in [6.07, 6.45) is 1.57. The topological polar surface area (TPSA) is 92.9 Å². The van der Waals surface area contributed by atoms with Gasteiger partial charge in [-0.3, -0.25) is 14.6 Å². The van der Waals surface area contributed by atoms with Crippen LogP contribution in [0.25, 0.3) is 11.0 Å². The number of amides is 1. The van der Waals surface area contributed by atoms with Gasteiger partial charge >= 0.3 is 0 Å². The highest BCUT2D eigenvalue weighted by Gasteiger charge is 2.45. The largest absolute Gasteiger partial charge is 0.503 e. The van der Waals surface area contributed by atoms with E-state index >= 15 is 0 Å². The van der Waals surface area contributed by atoms with Crippen LogP contribution in [0.4, 0.5) is 0 Å². The molecule has 1 atom stereocenters. The van der Waals surface area contributed by atoms with Crippen LogP contribution in [-0.2, 0) is 11.3 Å². The van der Waals surface area contributed by atoms with Gasteiger partial charge in [-0.15, -0.1) is 0 Å². The summed E-state index contributed by atoms with van der Waals surface area (Å²) in [5.41, 5.74) is 1.54. The number of pyridine rings is 1. The van der Waals surface area contributed by atoms with Crippen molar-refractivity contribution in [2.75, 3.05) is 7.11 Å². The van der Waals surface area contributed by atoms with Crippen molar-refractivity contribution in [3.8, 4) is 5.75 Å². The van der Waals surface area contributed by atoms with E-state index in [2.05, 4.69) is 4.98 Å². The van der Waals surface area contributed by atoms with Gasteiger partial charge < -0.3 is 19.2 Å². The summed E-state index contributed by atoms with van der Waals surface area (Å²) in [7, 11) is 1.54. The Labute approximate surface area is 199 Å². The number of carbonyl (C=O) groups is 2. The smallest absolute Gasteiger partial charge is 0.290 e. The highest BCUT2D eigenvalue weighted by atomic mass is 35.5. The second-order valence-electron chi connectivity index (χ2n) is 7.79. The van der Waals surface area contributed by atoms with E-state index in [0.717, 1.165) is 5.56 Å². The van der Waals surface area contributed by atoms with E-state index in [-0.39, 0.29) is 17.9 Å². The number of aromatic nitrogens is 1. The van der Waals surface area contributed by atoms with Gasteiger partial charge in [0.2, 0.25) is 5.78 Å². The van der Waals surface area contributed by atoms with Gasteiger partial charge in [0.1, 0.15) is 17.4 Å². The van der Waals surface area contributed by atoms with E-state index < -0.39 is 23.5 Å². The van der Waals surface area contributed by atoms with Crippen LogP contribution >= 0.6 is 11.6 Å². The van der Waals surface area contributed by atoms with E-state index in [1.165, 1.54) is 4.90 Å². The Kier molecular flexibility index (Phi) is 5.55. The molecule has 0 spiro atoms. The standard InChI is InChI=1S/C26H19ClN2O5/c1-33-19-8-3-2-6-15(19)14-29-23(18-7-4-5-11-28-18)22(25(31)26(29)32)24(30)21-13-16-12-17(27)9-10-20(16)34-21/h2-13,23,31H,14H2,1H3. The highest BCUT2D eigenvalue weighted by Crippen LogP contribution is 2.40. The van der Waals surface area contributed by atoms with E-state index in [4.69, 9.17) is 20.8 Å². The molecule has 1 unspecified atom stereocenters. The summed E-state index contributed by atoms with van der Waals surface area (Å²) < 4.78 is 11.2. The van der Waals surface area contributed by atoms with Crippen LogP contribution in [0.1, 0.15) is 27.9 Å². The van der Waals surface area contributed by atoms with Crippen LogP contribution in [0.15, 0.2) is 88.7 Å². The lowest BCUT2D eigenvalue weighted by atomic mass is 9.98. The van der Waals surface area contributed by atoms with Gasteiger partial charge in [0.25, 0.3) is 5.91 Å². The number of fused-ring (bicyclic) bond motifs is 1. The third-order valence-electron chi connectivity index (χ3n) is 5.75. The highest BCUT2D eigenvalue weighted by molar-refractivity contribution is 6.31. The number of hydrogen-bond donors (Lipinski definition) is 1. The molecule has 2 aromatic carbocycles. The molecule has 1 N–H and O–H groups in total. The molecule has 34 heavy (non-hydrogen) atoms. The number of Topliss-reactive ketones (excluding diaryl/α,β-unsaturated/α-hetero) is 1. The predicted octanol–water partition coefficient (Wildman–Crippen LogP) is 5.27. The van der Waals surface area contributed by atoms with Gasteiger partial charge in [-0.25, -0.2) is 0 Å². The molecule has 2 aromatic heterocycles. The fourth-order valence-corrected chi connectivity index (χ4v) is 4.35. The Morgan fingerprint density at radius 1 is 1.15 bits per heavy atom. The van der Waals surface area contributed by atoms with E-state index in [1.807, 2.05) is 18.2 Å². The quantitative estimate of drug-likeness (QED) is 0.383. The normalized spacial score (nSPS) is 15.9. The molecule has 0 fully saturated rings. The first-order chi connectivity index (χ1) is 16.5. The second kappa shape index (κ2) is 8.68. The fraction of sp³-hybridized carbons (Fsp3) is 0.115. The molecule has 0 aliphatic carbocycles. The van der Waals surface area contributed by atoms with Gasteiger partial charge in [0, 0.05) is 22.2 Å². The first-order valence-corrected chi connectivity index (χ1v) is 10.9. The fourth-order valence-electron chi connectivity index (χ4n) is 4.17. The number of nitrogens with zero attached hydrogens (tertiary/aromatic N) is 2. The van der Waals surface area contributed by atoms with E-state index in [0.29, 0.717) is 27.4 Å². The lowest BCUT2D eigenvalue weighted by molar-refractivity contribution is -0.130. The van der Waals surface area contributed by atoms with Crippen molar-refractivity contribution in [3.63, 3.8) is 0 Å². The minimum absolute atomic E-state index is 0.00769. The number of rotatable bonds is 6. The van der Waals surface area contributed by atoms with Crippen molar-refractivity contribution in [2.45, 2.75) is 12.6 Å². The Morgan fingerprint density at radius 2 is 1.94 bits per heavy atom. The van der Waals surface area contributed by atoms with E-state index in [9.17, 15) is 14.7 Å². The van der Waals surface area contributed by atoms with Crippen molar-refractivity contribution < 1.29 is 23.8 Å². The number of methoxy groups -OCH3 is 1. The molecule has 0 radical (unpaired) electrons. The van der Waals surface area contributed by atoms with Crippen molar-refractivity contribution in [1.82, 2.24) is 9.88 Å². The predicted molar refractivity (Wildman–Crippen MR) is 126 cm³/mol. The Bertz CT molecular complexity index is 1440. The summed E-state index contributed by atoms with van der Waals surface area (Å²) in [4.78, 5) is 32.6. The molecule has 170 valence electrons. The Morgan fingerprint density at radius 3 is 2.71 bits per heavy atom.